The van der Waals surface area contributed by atoms with Gasteiger partial charge in [-0.25, -0.2) is 0 Å². The first-order valence-corrected chi connectivity index (χ1v) is 8.50. The minimum atomic E-state index is 0.735. The number of aromatic nitrogens is 2. The molecule has 0 radical (unpaired) electrons. The van der Waals surface area contributed by atoms with E-state index < -0.39 is 0 Å². The summed E-state index contributed by atoms with van der Waals surface area (Å²) in [5.74, 6) is 2.25. The van der Waals surface area contributed by atoms with Gasteiger partial charge in [-0.1, -0.05) is 6.92 Å². The molecular weight excluding hydrogens is 270 g/mol. The van der Waals surface area contributed by atoms with Gasteiger partial charge >= 0.3 is 0 Å². The van der Waals surface area contributed by atoms with Crippen molar-refractivity contribution in [1.29, 1.82) is 0 Å². The lowest BCUT2D eigenvalue weighted by Crippen LogP contribution is -2.48. The second-order valence-electron chi connectivity index (χ2n) is 4.85. The first-order valence-electron chi connectivity index (χ1n) is 7.45. The van der Waals surface area contributed by atoms with Crippen LogP contribution in [0.4, 0.5) is 0 Å². The molecule has 112 valence electrons. The van der Waals surface area contributed by atoms with Crippen LogP contribution in [-0.4, -0.2) is 57.8 Å². The van der Waals surface area contributed by atoms with Crippen LogP contribution in [-0.2, 0) is 6.54 Å². The molecule has 2 heterocycles. The smallest absolute Gasteiger partial charge is 0.194 e. The van der Waals surface area contributed by atoms with Crippen LogP contribution in [0.2, 0.25) is 0 Å². The van der Waals surface area contributed by atoms with Crippen molar-refractivity contribution in [1.82, 2.24) is 20.0 Å². The van der Waals surface area contributed by atoms with Crippen LogP contribution in [0, 0.1) is 0 Å². The summed E-state index contributed by atoms with van der Waals surface area (Å²) in [5.41, 5.74) is 0. The highest BCUT2D eigenvalue weighted by atomic mass is 32.2. The zero-order valence-electron chi connectivity index (χ0n) is 12.5. The third-order valence-electron chi connectivity index (χ3n) is 3.38. The summed E-state index contributed by atoms with van der Waals surface area (Å²) in [6.07, 6.45) is 5.02. The van der Waals surface area contributed by atoms with E-state index in [1.54, 1.807) is 0 Å². The van der Waals surface area contributed by atoms with Crippen LogP contribution in [0.3, 0.4) is 0 Å². The van der Waals surface area contributed by atoms with E-state index in [2.05, 4.69) is 40.9 Å². The van der Waals surface area contributed by atoms with Crippen molar-refractivity contribution in [3.05, 3.63) is 18.5 Å². The molecule has 1 atom stereocenters. The maximum absolute atomic E-state index is 4.74. The topological polar surface area (TPSA) is 45.5 Å². The van der Waals surface area contributed by atoms with Gasteiger partial charge in [0.25, 0.3) is 0 Å². The molecular formula is C14H25N5S. The zero-order chi connectivity index (χ0) is 14.2. The molecule has 6 heteroatoms. The summed E-state index contributed by atoms with van der Waals surface area (Å²) in [7, 11) is 0. The molecule has 1 aliphatic rings. The Labute approximate surface area is 125 Å². The minimum Gasteiger partial charge on any atom is -0.357 e. The van der Waals surface area contributed by atoms with Gasteiger partial charge in [0, 0.05) is 43.0 Å². The molecule has 1 N–H and O–H groups in total. The highest BCUT2D eigenvalue weighted by molar-refractivity contribution is 8.00. The number of rotatable bonds is 5. The van der Waals surface area contributed by atoms with E-state index >= 15 is 0 Å². The third-order valence-corrected chi connectivity index (χ3v) is 4.75. The number of nitrogens with zero attached hydrogens (tertiary/aromatic N) is 4. The van der Waals surface area contributed by atoms with E-state index in [4.69, 9.17) is 4.99 Å². The Balaban J connectivity index is 1.90. The zero-order valence-corrected chi connectivity index (χ0v) is 13.3. The Morgan fingerprint density at radius 1 is 1.50 bits per heavy atom. The second-order valence-corrected chi connectivity index (χ2v) is 6.26. The predicted molar refractivity (Wildman–Crippen MR) is 86.3 cm³/mol. The van der Waals surface area contributed by atoms with Gasteiger partial charge in [0.2, 0.25) is 0 Å². The fourth-order valence-electron chi connectivity index (χ4n) is 2.28. The lowest BCUT2D eigenvalue weighted by Gasteiger charge is -2.34. The van der Waals surface area contributed by atoms with E-state index in [0.29, 0.717) is 0 Å². The SMILES string of the molecule is CCNC(=NCCn1cccn1)N1CCSC(CC)C1. The molecule has 0 aromatic carbocycles. The van der Waals surface area contributed by atoms with Crippen molar-refractivity contribution in [2.45, 2.75) is 32.1 Å². The number of guanidine groups is 1. The summed E-state index contributed by atoms with van der Waals surface area (Å²) < 4.78 is 1.92. The molecule has 1 saturated heterocycles. The molecule has 1 aromatic rings. The Morgan fingerprint density at radius 2 is 2.40 bits per heavy atom. The number of hydrogen-bond donors (Lipinski definition) is 1. The van der Waals surface area contributed by atoms with E-state index in [1.807, 2.05) is 23.1 Å². The number of hydrogen-bond acceptors (Lipinski definition) is 3. The molecule has 1 fully saturated rings. The monoisotopic (exact) mass is 295 g/mol. The molecule has 20 heavy (non-hydrogen) atoms. The van der Waals surface area contributed by atoms with Crippen molar-refractivity contribution < 1.29 is 0 Å². The Hall–Kier alpha value is -1.17. The normalized spacial score (nSPS) is 20.2. The lowest BCUT2D eigenvalue weighted by atomic mass is 10.3. The standard InChI is InChI=1S/C14H25N5S/c1-3-13-12-18(10-11-20-13)14(15-4-2)16-7-9-19-8-5-6-17-19/h5-6,8,13H,3-4,7,9-12H2,1-2H3,(H,15,16). The van der Waals surface area contributed by atoms with E-state index in [1.165, 1.54) is 12.2 Å². The maximum Gasteiger partial charge on any atom is 0.194 e. The first kappa shape index (κ1) is 15.2. The minimum absolute atomic E-state index is 0.735. The van der Waals surface area contributed by atoms with E-state index in [0.717, 1.165) is 43.9 Å². The van der Waals surface area contributed by atoms with Gasteiger partial charge < -0.3 is 10.2 Å². The average molecular weight is 295 g/mol. The molecule has 0 saturated carbocycles. The van der Waals surface area contributed by atoms with Gasteiger partial charge in [-0.3, -0.25) is 9.67 Å². The molecule has 1 unspecified atom stereocenters. The quantitative estimate of drug-likeness (QED) is 0.663. The Bertz CT molecular complexity index is 404. The van der Waals surface area contributed by atoms with Crippen LogP contribution in [0.1, 0.15) is 20.3 Å². The van der Waals surface area contributed by atoms with Gasteiger partial charge in [0.1, 0.15) is 0 Å². The molecule has 1 aliphatic heterocycles. The molecule has 1 aromatic heterocycles. The van der Waals surface area contributed by atoms with Crippen molar-refractivity contribution in [3.8, 4) is 0 Å². The highest BCUT2D eigenvalue weighted by Gasteiger charge is 2.21. The third kappa shape index (κ3) is 4.44. The number of aliphatic imine (C=N–C) groups is 1. The van der Waals surface area contributed by atoms with E-state index in [-0.39, 0.29) is 0 Å². The first-order chi connectivity index (χ1) is 9.83. The van der Waals surface area contributed by atoms with Gasteiger partial charge in [-0.15, -0.1) is 0 Å². The van der Waals surface area contributed by atoms with Crippen LogP contribution >= 0.6 is 11.8 Å². The summed E-state index contributed by atoms with van der Waals surface area (Å²) in [6.45, 7) is 9.11. The summed E-state index contributed by atoms with van der Waals surface area (Å²) in [6, 6.07) is 1.95. The lowest BCUT2D eigenvalue weighted by molar-refractivity contribution is 0.407. The summed E-state index contributed by atoms with van der Waals surface area (Å²) in [5, 5.41) is 8.36. The highest BCUT2D eigenvalue weighted by Crippen LogP contribution is 2.20. The Morgan fingerprint density at radius 3 is 3.10 bits per heavy atom. The van der Waals surface area contributed by atoms with Crippen molar-refractivity contribution in [2.75, 3.05) is 31.9 Å². The van der Waals surface area contributed by atoms with Crippen LogP contribution in [0.15, 0.2) is 23.5 Å². The molecule has 0 aliphatic carbocycles. The van der Waals surface area contributed by atoms with E-state index in [9.17, 15) is 0 Å². The van der Waals surface area contributed by atoms with Crippen LogP contribution in [0.25, 0.3) is 0 Å². The van der Waals surface area contributed by atoms with Crippen LogP contribution < -0.4 is 5.32 Å². The summed E-state index contributed by atoms with van der Waals surface area (Å²) >= 11 is 2.09. The fourth-order valence-corrected chi connectivity index (χ4v) is 3.46. The number of nitrogens with one attached hydrogen (secondary N) is 1. The van der Waals surface area contributed by atoms with Crippen molar-refractivity contribution >= 4 is 17.7 Å². The predicted octanol–water partition coefficient (Wildman–Crippen LogP) is 1.68. The Kier molecular flexibility index (Phi) is 6.24. The van der Waals surface area contributed by atoms with Crippen molar-refractivity contribution in [2.24, 2.45) is 4.99 Å². The van der Waals surface area contributed by atoms with Gasteiger partial charge in [0.15, 0.2) is 5.96 Å². The number of thioether (sulfide) groups is 1. The maximum atomic E-state index is 4.74. The summed E-state index contributed by atoms with van der Waals surface area (Å²) in [4.78, 5) is 7.14. The molecule has 0 amide bonds. The molecule has 5 nitrogen and oxygen atoms in total. The molecule has 2 rings (SSSR count). The largest absolute Gasteiger partial charge is 0.357 e. The molecule has 0 spiro atoms. The average Bonchev–Trinajstić information content (AvgIpc) is 3.00. The van der Waals surface area contributed by atoms with Gasteiger partial charge in [-0.05, 0) is 19.4 Å². The van der Waals surface area contributed by atoms with Crippen molar-refractivity contribution in [3.63, 3.8) is 0 Å². The second kappa shape index (κ2) is 8.19. The van der Waals surface area contributed by atoms with Gasteiger partial charge in [-0.2, -0.15) is 16.9 Å². The van der Waals surface area contributed by atoms with Gasteiger partial charge in [0.05, 0.1) is 13.1 Å². The van der Waals surface area contributed by atoms with Crippen LogP contribution in [0.5, 0.6) is 0 Å². The molecule has 0 bridgehead atoms. The fraction of sp³-hybridized carbons (Fsp3) is 0.714.